The van der Waals surface area contributed by atoms with Crippen LogP contribution in [-0.2, 0) is 15.7 Å². The van der Waals surface area contributed by atoms with Gasteiger partial charge in [-0.05, 0) is 48.7 Å². The maximum absolute atomic E-state index is 14.1. The number of alkyl halides is 3. The van der Waals surface area contributed by atoms with Gasteiger partial charge in [-0.2, -0.15) is 18.4 Å². The van der Waals surface area contributed by atoms with E-state index in [1.165, 1.54) is 29.2 Å². The highest BCUT2D eigenvalue weighted by atomic mass is 19.4. The van der Waals surface area contributed by atoms with Gasteiger partial charge in [0.25, 0.3) is 0 Å². The van der Waals surface area contributed by atoms with Gasteiger partial charge in [-0.3, -0.25) is 9.69 Å². The van der Waals surface area contributed by atoms with E-state index in [1.807, 2.05) is 6.07 Å². The second-order valence-electron chi connectivity index (χ2n) is 9.19. The van der Waals surface area contributed by atoms with E-state index in [0.29, 0.717) is 17.5 Å². The van der Waals surface area contributed by atoms with E-state index in [-0.39, 0.29) is 61.9 Å². The molecule has 2 aromatic rings. The molecule has 2 heterocycles. The number of Topliss-reactive ketones (excluding diaryl/α,β-unsaturated/α-hetero) is 1. The molecule has 1 saturated heterocycles. The minimum atomic E-state index is -4.65. The van der Waals surface area contributed by atoms with Crippen LogP contribution in [0.1, 0.15) is 42.0 Å². The van der Waals surface area contributed by atoms with Gasteiger partial charge in [0, 0.05) is 30.8 Å². The molecule has 1 aliphatic carbocycles. The topological polar surface area (TPSA) is 93.9 Å². The first-order chi connectivity index (χ1) is 18.2. The van der Waals surface area contributed by atoms with Gasteiger partial charge in [0.15, 0.2) is 5.78 Å². The second kappa shape index (κ2) is 9.95. The van der Waals surface area contributed by atoms with Crippen molar-refractivity contribution in [2.75, 3.05) is 31.2 Å². The van der Waals surface area contributed by atoms with Gasteiger partial charge in [0.05, 0.1) is 42.1 Å². The first-order valence-electron chi connectivity index (χ1n) is 12.1. The molecular formula is C27H23F3N4O4. The zero-order valence-corrected chi connectivity index (χ0v) is 20.2. The van der Waals surface area contributed by atoms with Gasteiger partial charge in [0.2, 0.25) is 0 Å². The predicted octanol–water partition coefficient (Wildman–Crippen LogP) is 5.02. The Kier molecular flexibility index (Phi) is 6.67. The summed E-state index contributed by atoms with van der Waals surface area (Å²) in [5.41, 5.74) is 0.255. The molecule has 196 valence electrons. The third-order valence-electron chi connectivity index (χ3n) is 6.90. The number of amides is 4. The average Bonchev–Trinajstić information content (AvgIpc) is 2.92. The molecule has 4 amide bonds. The van der Waals surface area contributed by atoms with Crippen molar-refractivity contribution in [1.29, 1.82) is 5.26 Å². The van der Waals surface area contributed by atoms with Crippen LogP contribution in [0.5, 0.6) is 0 Å². The number of hydrogen-bond acceptors (Lipinski definition) is 5. The van der Waals surface area contributed by atoms with Crippen LogP contribution in [0.15, 0.2) is 59.8 Å². The summed E-state index contributed by atoms with van der Waals surface area (Å²) in [6.45, 7) is 0.956. The van der Waals surface area contributed by atoms with E-state index < -0.39 is 29.8 Å². The number of halogens is 3. The van der Waals surface area contributed by atoms with Crippen molar-refractivity contribution in [3.8, 4) is 6.07 Å². The molecule has 0 aromatic heterocycles. The number of anilines is 1. The highest BCUT2D eigenvalue weighted by molar-refractivity contribution is 6.11. The molecule has 11 heteroatoms. The molecule has 0 spiro atoms. The van der Waals surface area contributed by atoms with E-state index in [0.717, 1.165) is 21.9 Å². The van der Waals surface area contributed by atoms with Crippen LogP contribution >= 0.6 is 0 Å². The summed E-state index contributed by atoms with van der Waals surface area (Å²) in [6.07, 6.45) is -3.79. The molecule has 0 radical (unpaired) electrons. The summed E-state index contributed by atoms with van der Waals surface area (Å²) >= 11 is 0. The number of benzene rings is 2. The van der Waals surface area contributed by atoms with E-state index in [2.05, 4.69) is 0 Å². The molecule has 0 bridgehead atoms. The van der Waals surface area contributed by atoms with Gasteiger partial charge in [-0.1, -0.05) is 18.2 Å². The lowest BCUT2D eigenvalue weighted by atomic mass is 9.83. The fourth-order valence-electron chi connectivity index (χ4n) is 5.09. The van der Waals surface area contributed by atoms with Crippen LogP contribution in [0.2, 0.25) is 0 Å². The standard InChI is InChI=1S/C27H23F3N4O4/c28-27(29,30)19-3-1-4-20(15-19)33-21-5-2-6-22(35)23(21)24(18-9-7-17(16-31)8-10-18)34(26(33)37)25(36)32-11-13-38-14-12-32/h1,3-4,7-10,15,24H,2,5-6,11-14H2. The lowest BCUT2D eigenvalue weighted by molar-refractivity contribution is -0.137. The number of ketones is 1. The minimum absolute atomic E-state index is 0.0786. The summed E-state index contributed by atoms with van der Waals surface area (Å²) < 4.78 is 46.0. The largest absolute Gasteiger partial charge is 0.416 e. The van der Waals surface area contributed by atoms with Crippen molar-refractivity contribution in [1.82, 2.24) is 9.80 Å². The molecule has 1 atom stereocenters. The van der Waals surface area contributed by atoms with Crippen LogP contribution < -0.4 is 4.90 Å². The summed E-state index contributed by atoms with van der Waals surface area (Å²) in [7, 11) is 0. The predicted molar refractivity (Wildman–Crippen MR) is 129 cm³/mol. The monoisotopic (exact) mass is 524 g/mol. The number of allylic oxidation sites excluding steroid dienone is 1. The van der Waals surface area contributed by atoms with Gasteiger partial charge in [-0.15, -0.1) is 0 Å². The van der Waals surface area contributed by atoms with Crippen molar-refractivity contribution < 1.29 is 32.3 Å². The molecule has 5 rings (SSSR count). The average molecular weight is 524 g/mol. The Morgan fingerprint density at radius 1 is 1.03 bits per heavy atom. The molecule has 1 unspecified atom stereocenters. The fourth-order valence-corrected chi connectivity index (χ4v) is 5.09. The fraction of sp³-hybridized carbons (Fsp3) is 0.333. The number of carbonyl (C=O) groups excluding carboxylic acids is 3. The Morgan fingerprint density at radius 3 is 2.39 bits per heavy atom. The lowest BCUT2D eigenvalue weighted by Gasteiger charge is -2.45. The number of rotatable bonds is 2. The minimum Gasteiger partial charge on any atom is -0.378 e. The number of ether oxygens (including phenoxy) is 1. The van der Waals surface area contributed by atoms with Gasteiger partial charge >= 0.3 is 18.2 Å². The van der Waals surface area contributed by atoms with Crippen LogP contribution in [0.3, 0.4) is 0 Å². The van der Waals surface area contributed by atoms with Gasteiger partial charge < -0.3 is 9.64 Å². The highest BCUT2D eigenvalue weighted by Crippen LogP contribution is 2.45. The van der Waals surface area contributed by atoms with E-state index >= 15 is 0 Å². The third kappa shape index (κ3) is 4.52. The van der Waals surface area contributed by atoms with Crippen molar-refractivity contribution in [2.24, 2.45) is 0 Å². The van der Waals surface area contributed by atoms with E-state index in [9.17, 15) is 32.8 Å². The smallest absolute Gasteiger partial charge is 0.378 e. The third-order valence-corrected chi connectivity index (χ3v) is 6.90. The number of nitrogens with zero attached hydrogens (tertiary/aromatic N) is 4. The summed E-state index contributed by atoms with van der Waals surface area (Å²) in [5.74, 6) is -0.287. The summed E-state index contributed by atoms with van der Waals surface area (Å²) in [6, 6.07) is 9.94. The zero-order chi connectivity index (χ0) is 27.0. The first-order valence-corrected chi connectivity index (χ1v) is 12.1. The molecule has 38 heavy (non-hydrogen) atoms. The molecule has 2 aliphatic heterocycles. The number of hydrogen-bond donors (Lipinski definition) is 0. The molecule has 2 aromatic carbocycles. The van der Waals surface area contributed by atoms with Crippen LogP contribution in [0.25, 0.3) is 0 Å². The Labute approximate surface area is 216 Å². The summed E-state index contributed by atoms with van der Waals surface area (Å²) in [5, 5.41) is 9.22. The second-order valence-corrected chi connectivity index (χ2v) is 9.19. The SMILES string of the molecule is N#Cc1ccc(C2C3=C(CCCC3=O)N(c3cccc(C(F)(F)F)c3)C(=O)N2C(=O)N2CCOCC2)cc1. The van der Waals surface area contributed by atoms with Crippen LogP contribution in [-0.4, -0.2) is 53.9 Å². The highest BCUT2D eigenvalue weighted by Gasteiger charge is 2.48. The zero-order valence-electron chi connectivity index (χ0n) is 20.2. The number of carbonyl (C=O) groups is 3. The number of urea groups is 2. The maximum atomic E-state index is 14.1. The molecule has 1 fully saturated rings. The van der Waals surface area contributed by atoms with E-state index in [1.54, 1.807) is 12.1 Å². The first kappa shape index (κ1) is 25.5. The number of nitriles is 1. The van der Waals surface area contributed by atoms with Gasteiger partial charge in [0.1, 0.15) is 0 Å². The number of morpholine rings is 1. The molecule has 3 aliphatic rings. The van der Waals surface area contributed by atoms with Crippen LogP contribution in [0, 0.1) is 11.3 Å². The van der Waals surface area contributed by atoms with Crippen molar-refractivity contribution in [2.45, 2.75) is 31.5 Å². The van der Waals surface area contributed by atoms with Crippen molar-refractivity contribution in [3.05, 3.63) is 76.5 Å². The van der Waals surface area contributed by atoms with Gasteiger partial charge in [-0.25, -0.2) is 14.5 Å². The normalized spacial score (nSPS) is 20.4. The molecule has 0 saturated carbocycles. The number of imide groups is 1. The molecular weight excluding hydrogens is 501 g/mol. The Balaban J connectivity index is 1.71. The quantitative estimate of drug-likeness (QED) is 0.550. The molecule has 0 N–H and O–H groups in total. The van der Waals surface area contributed by atoms with Crippen molar-refractivity contribution in [3.63, 3.8) is 0 Å². The molecule has 8 nitrogen and oxygen atoms in total. The van der Waals surface area contributed by atoms with Crippen molar-refractivity contribution >= 4 is 23.5 Å². The Morgan fingerprint density at radius 2 is 1.74 bits per heavy atom. The maximum Gasteiger partial charge on any atom is 0.416 e. The van der Waals surface area contributed by atoms with Crippen LogP contribution in [0.4, 0.5) is 28.4 Å². The Bertz CT molecular complexity index is 1360. The van der Waals surface area contributed by atoms with E-state index in [4.69, 9.17) is 4.74 Å². The summed E-state index contributed by atoms with van der Waals surface area (Å²) in [4.78, 5) is 44.8. The lowest BCUT2D eigenvalue weighted by Crippen LogP contribution is -2.58. The Hall–Kier alpha value is -4.17.